The van der Waals surface area contributed by atoms with Gasteiger partial charge in [-0.1, -0.05) is 26.0 Å². The zero-order valence-electron chi connectivity index (χ0n) is 16.0. The van der Waals surface area contributed by atoms with Crippen LogP contribution in [0.4, 0.5) is 8.78 Å². The second-order valence-electron chi connectivity index (χ2n) is 6.43. The summed E-state index contributed by atoms with van der Waals surface area (Å²) < 4.78 is 38.3. The van der Waals surface area contributed by atoms with Gasteiger partial charge >= 0.3 is 11.9 Å². The zero-order valence-corrected chi connectivity index (χ0v) is 18.1. The van der Waals surface area contributed by atoms with Crippen molar-refractivity contribution in [2.75, 3.05) is 13.2 Å². The SMILES string of the molecule is CCC(C)c1ccc(OCCOc2ccc(C(=O)C(F)(F)C(=O)O)cc2I)cc1. The number of carbonyl (C=O) groups is 2. The number of alkyl halides is 2. The van der Waals surface area contributed by atoms with E-state index in [4.69, 9.17) is 14.6 Å². The van der Waals surface area contributed by atoms with Gasteiger partial charge in [0.15, 0.2) is 0 Å². The van der Waals surface area contributed by atoms with E-state index in [1.165, 1.54) is 17.7 Å². The fourth-order valence-corrected chi connectivity index (χ4v) is 3.15. The van der Waals surface area contributed by atoms with Gasteiger partial charge in [0.2, 0.25) is 5.78 Å². The number of rotatable bonds is 10. The molecule has 0 aliphatic heterocycles. The monoisotopic (exact) mass is 518 g/mol. The van der Waals surface area contributed by atoms with Gasteiger partial charge in [-0.25, -0.2) is 4.79 Å². The second-order valence-corrected chi connectivity index (χ2v) is 7.59. The van der Waals surface area contributed by atoms with Crippen molar-refractivity contribution in [3.8, 4) is 11.5 Å². The molecule has 0 heterocycles. The highest BCUT2D eigenvalue weighted by Gasteiger charge is 2.47. The van der Waals surface area contributed by atoms with E-state index in [-0.39, 0.29) is 13.2 Å². The number of carboxylic acids is 1. The molecule has 0 bridgehead atoms. The molecular weight excluding hydrogens is 497 g/mol. The highest BCUT2D eigenvalue weighted by molar-refractivity contribution is 14.1. The number of Topliss-reactive ketones (excluding diaryl/α,β-unsaturated/α-hetero) is 1. The lowest BCUT2D eigenvalue weighted by atomic mass is 9.99. The van der Waals surface area contributed by atoms with E-state index in [1.54, 1.807) is 0 Å². The third-order valence-electron chi connectivity index (χ3n) is 4.42. The molecule has 1 unspecified atom stereocenters. The number of halogens is 3. The number of carboxylic acid groups (broad SMARTS) is 1. The Kier molecular flexibility index (Phi) is 7.95. The largest absolute Gasteiger partial charge is 0.490 e. The molecule has 156 valence electrons. The smallest absolute Gasteiger partial charge is 0.404 e. The molecule has 0 aliphatic carbocycles. The predicted molar refractivity (Wildman–Crippen MR) is 112 cm³/mol. The Balaban J connectivity index is 1.90. The van der Waals surface area contributed by atoms with Crippen molar-refractivity contribution >= 4 is 34.3 Å². The van der Waals surface area contributed by atoms with Crippen molar-refractivity contribution in [2.45, 2.75) is 32.1 Å². The minimum atomic E-state index is -4.47. The number of benzene rings is 2. The first kappa shape index (κ1) is 23.1. The van der Waals surface area contributed by atoms with E-state index in [1.807, 2.05) is 46.9 Å². The van der Waals surface area contributed by atoms with Crippen molar-refractivity contribution in [3.63, 3.8) is 0 Å². The zero-order chi connectivity index (χ0) is 21.6. The molecule has 8 heteroatoms. The van der Waals surface area contributed by atoms with Gasteiger partial charge in [0.1, 0.15) is 24.7 Å². The van der Waals surface area contributed by atoms with Gasteiger partial charge < -0.3 is 14.6 Å². The standard InChI is InChI=1S/C21H21F2IO5/c1-3-13(2)14-4-7-16(8-5-14)28-10-11-29-18-9-6-15(12-17(18)24)19(25)21(22,23)20(26)27/h4-9,12-13H,3,10-11H2,1-2H3,(H,26,27). The molecule has 0 fully saturated rings. The van der Waals surface area contributed by atoms with E-state index < -0.39 is 23.2 Å². The third-order valence-corrected chi connectivity index (χ3v) is 5.26. The molecule has 0 amide bonds. The van der Waals surface area contributed by atoms with Crippen LogP contribution in [0.25, 0.3) is 0 Å². The van der Waals surface area contributed by atoms with E-state index in [0.29, 0.717) is 21.0 Å². The summed E-state index contributed by atoms with van der Waals surface area (Å²) >= 11 is 1.83. The minimum Gasteiger partial charge on any atom is -0.490 e. The Labute approximate surface area is 181 Å². The molecule has 0 radical (unpaired) electrons. The van der Waals surface area contributed by atoms with Crippen LogP contribution in [0.2, 0.25) is 0 Å². The molecule has 2 rings (SSSR count). The average Bonchev–Trinajstić information content (AvgIpc) is 2.71. The second kappa shape index (κ2) is 10.00. The average molecular weight is 518 g/mol. The summed E-state index contributed by atoms with van der Waals surface area (Å²) in [6.45, 7) is 4.78. The maximum Gasteiger partial charge on any atom is 0.404 e. The van der Waals surface area contributed by atoms with Gasteiger partial charge in [-0.05, 0) is 70.8 Å². The van der Waals surface area contributed by atoms with Gasteiger partial charge in [0.25, 0.3) is 0 Å². The summed E-state index contributed by atoms with van der Waals surface area (Å²) in [5.41, 5.74) is 0.848. The molecule has 0 saturated carbocycles. The van der Waals surface area contributed by atoms with Gasteiger partial charge in [-0.15, -0.1) is 0 Å². The van der Waals surface area contributed by atoms with Crippen molar-refractivity contribution < 1.29 is 33.0 Å². The van der Waals surface area contributed by atoms with Crippen LogP contribution in [0, 0.1) is 3.57 Å². The Hall–Kier alpha value is -2.23. The maximum absolute atomic E-state index is 13.4. The molecule has 0 spiro atoms. The van der Waals surface area contributed by atoms with Gasteiger partial charge in [-0.2, -0.15) is 8.78 Å². The lowest BCUT2D eigenvalue weighted by Gasteiger charge is -2.13. The summed E-state index contributed by atoms with van der Waals surface area (Å²) in [4.78, 5) is 22.2. The van der Waals surface area contributed by atoms with Crippen molar-refractivity contribution in [3.05, 3.63) is 57.2 Å². The topological polar surface area (TPSA) is 72.8 Å². The highest BCUT2D eigenvalue weighted by atomic mass is 127. The summed E-state index contributed by atoms with van der Waals surface area (Å²) in [7, 11) is 0. The van der Waals surface area contributed by atoms with Gasteiger partial charge in [0.05, 0.1) is 3.57 Å². The van der Waals surface area contributed by atoms with Gasteiger partial charge in [0, 0.05) is 5.56 Å². The van der Waals surface area contributed by atoms with Crippen LogP contribution < -0.4 is 9.47 Å². The van der Waals surface area contributed by atoms with E-state index in [2.05, 4.69) is 13.8 Å². The number of ketones is 1. The maximum atomic E-state index is 13.4. The fourth-order valence-electron chi connectivity index (χ4n) is 2.48. The third kappa shape index (κ3) is 5.88. The van der Waals surface area contributed by atoms with Crippen LogP contribution in [0.3, 0.4) is 0 Å². The van der Waals surface area contributed by atoms with Crippen LogP contribution in [0.15, 0.2) is 42.5 Å². The van der Waals surface area contributed by atoms with E-state index in [0.717, 1.165) is 12.5 Å². The first-order chi connectivity index (χ1) is 13.7. The molecule has 1 atom stereocenters. The lowest BCUT2D eigenvalue weighted by molar-refractivity contribution is -0.157. The van der Waals surface area contributed by atoms with Crippen LogP contribution in [0.5, 0.6) is 11.5 Å². The Morgan fingerprint density at radius 1 is 1.10 bits per heavy atom. The van der Waals surface area contributed by atoms with E-state index in [9.17, 15) is 18.4 Å². The van der Waals surface area contributed by atoms with Crippen LogP contribution in [-0.2, 0) is 4.79 Å². The number of hydrogen-bond donors (Lipinski definition) is 1. The molecule has 0 aromatic heterocycles. The summed E-state index contributed by atoms with van der Waals surface area (Å²) in [5, 5.41) is 8.48. The van der Waals surface area contributed by atoms with Crippen molar-refractivity contribution in [1.82, 2.24) is 0 Å². The molecule has 29 heavy (non-hydrogen) atoms. The summed E-state index contributed by atoms with van der Waals surface area (Å²) in [6.07, 6.45) is 1.06. The quantitative estimate of drug-likeness (QED) is 0.204. The van der Waals surface area contributed by atoms with Crippen molar-refractivity contribution in [1.29, 1.82) is 0 Å². The molecule has 2 aromatic rings. The Morgan fingerprint density at radius 3 is 2.28 bits per heavy atom. The molecular formula is C21H21F2IO5. The normalized spacial score (nSPS) is 12.3. The molecule has 0 aliphatic rings. The Bertz CT molecular complexity index is 868. The number of carbonyl (C=O) groups excluding carboxylic acids is 1. The van der Waals surface area contributed by atoms with Crippen LogP contribution in [0.1, 0.15) is 42.1 Å². The van der Waals surface area contributed by atoms with Crippen LogP contribution in [-0.4, -0.2) is 36.0 Å². The first-order valence-electron chi connectivity index (χ1n) is 8.98. The molecule has 5 nitrogen and oxygen atoms in total. The highest BCUT2D eigenvalue weighted by Crippen LogP contribution is 2.27. The number of hydrogen-bond acceptors (Lipinski definition) is 4. The van der Waals surface area contributed by atoms with Crippen LogP contribution >= 0.6 is 22.6 Å². The molecule has 1 N–H and O–H groups in total. The van der Waals surface area contributed by atoms with E-state index >= 15 is 0 Å². The predicted octanol–water partition coefficient (Wildman–Crippen LogP) is 5.17. The summed E-state index contributed by atoms with van der Waals surface area (Å²) in [5.74, 6) is -7.13. The Morgan fingerprint density at radius 2 is 1.72 bits per heavy atom. The minimum absolute atomic E-state index is 0.210. The number of ether oxygens (including phenoxy) is 2. The first-order valence-corrected chi connectivity index (χ1v) is 10.1. The number of aliphatic carboxylic acids is 1. The van der Waals surface area contributed by atoms with Crippen molar-refractivity contribution in [2.24, 2.45) is 0 Å². The molecule has 0 saturated heterocycles. The van der Waals surface area contributed by atoms with Gasteiger partial charge in [-0.3, -0.25) is 4.79 Å². The lowest BCUT2D eigenvalue weighted by Crippen LogP contribution is -2.37. The fraction of sp³-hybridized carbons (Fsp3) is 0.333. The molecule has 2 aromatic carbocycles. The summed E-state index contributed by atoms with van der Waals surface area (Å²) in [6, 6.07) is 11.5.